The maximum absolute atomic E-state index is 9.15. The molecular weight excluding hydrogens is 156 g/mol. The van der Waals surface area contributed by atoms with Crippen molar-refractivity contribution in [3.05, 3.63) is 17.3 Å². The Morgan fingerprint density at radius 3 is 2.42 bits per heavy atom. The van der Waals surface area contributed by atoms with E-state index in [1.54, 1.807) is 6.92 Å². The van der Waals surface area contributed by atoms with Gasteiger partial charge in [-0.05, 0) is 20.8 Å². The van der Waals surface area contributed by atoms with Crippen LogP contribution in [0.25, 0.3) is 0 Å². The first-order valence-electron chi connectivity index (χ1n) is 3.90. The number of nitrogens with two attached hydrogens (primary N) is 1. The van der Waals surface area contributed by atoms with E-state index in [0.717, 1.165) is 11.5 Å². The van der Waals surface area contributed by atoms with Crippen molar-refractivity contribution in [3.63, 3.8) is 0 Å². The molecule has 0 saturated carbocycles. The van der Waals surface area contributed by atoms with Crippen molar-refractivity contribution in [1.29, 1.82) is 0 Å². The van der Waals surface area contributed by atoms with Crippen LogP contribution >= 0.6 is 0 Å². The number of rotatable bonds is 2. The molecule has 68 valence electrons. The topological polar surface area (TPSA) is 72.3 Å². The molecule has 0 aliphatic carbocycles. The highest BCUT2D eigenvalue weighted by Crippen LogP contribution is 2.16. The van der Waals surface area contributed by atoms with E-state index in [0.29, 0.717) is 5.89 Å². The van der Waals surface area contributed by atoms with Crippen molar-refractivity contribution < 1.29 is 9.52 Å². The zero-order valence-electron chi connectivity index (χ0n) is 7.53. The van der Waals surface area contributed by atoms with Gasteiger partial charge in [-0.1, -0.05) is 0 Å². The van der Waals surface area contributed by atoms with Gasteiger partial charge in [0.05, 0.1) is 11.8 Å². The highest BCUT2D eigenvalue weighted by Gasteiger charge is 2.18. The van der Waals surface area contributed by atoms with Crippen LogP contribution in [0, 0.1) is 13.8 Å². The molecule has 1 rings (SSSR count). The van der Waals surface area contributed by atoms with Crippen LogP contribution in [0.15, 0.2) is 4.42 Å². The molecule has 0 radical (unpaired) electrons. The van der Waals surface area contributed by atoms with Gasteiger partial charge in [-0.3, -0.25) is 0 Å². The lowest BCUT2D eigenvalue weighted by atomic mass is 10.2. The van der Waals surface area contributed by atoms with Crippen molar-refractivity contribution in [1.82, 2.24) is 4.98 Å². The van der Waals surface area contributed by atoms with E-state index in [9.17, 15) is 0 Å². The molecule has 1 aromatic rings. The summed E-state index contributed by atoms with van der Waals surface area (Å²) < 4.78 is 5.24. The van der Waals surface area contributed by atoms with Crippen molar-refractivity contribution in [2.45, 2.75) is 32.9 Å². The summed E-state index contributed by atoms with van der Waals surface area (Å²) in [5, 5.41) is 9.15. The summed E-state index contributed by atoms with van der Waals surface area (Å²) in [4.78, 5) is 4.08. The van der Waals surface area contributed by atoms with Gasteiger partial charge in [-0.15, -0.1) is 0 Å². The maximum atomic E-state index is 9.15. The first kappa shape index (κ1) is 9.22. The van der Waals surface area contributed by atoms with Crippen LogP contribution in [-0.4, -0.2) is 16.2 Å². The Kier molecular flexibility index (Phi) is 2.49. The highest BCUT2D eigenvalue weighted by molar-refractivity contribution is 5.07. The van der Waals surface area contributed by atoms with Crippen LogP contribution in [0.1, 0.15) is 30.3 Å². The Labute approximate surface area is 71.4 Å². The number of aliphatic hydroxyl groups excluding tert-OH is 1. The van der Waals surface area contributed by atoms with E-state index in [1.165, 1.54) is 0 Å². The molecule has 0 aliphatic rings. The zero-order valence-corrected chi connectivity index (χ0v) is 7.53. The molecule has 0 saturated heterocycles. The molecule has 2 atom stereocenters. The van der Waals surface area contributed by atoms with E-state index in [-0.39, 0.29) is 0 Å². The summed E-state index contributed by atoms with van der Waals surface area (Å²) in [5.74, 6) is 1.15. The van der Waals surface area contributed by atoms with E-state index in [2.05, 4.69) is 4.98 Å². The Bertz CT molecular complexity index is 249. The maximum Gasteiger partial charge on any atom is 0.214 e. The van der Waals surface area contributed by atoms with Gasteiger partial charge in [-0.2, -0.15) is 0 Å². The second kappa shape index (κ2) is 3.25. The van der Waals surface area contributed by atoms with Crippen LogP contribution in [0.4, 0.5) is 0 Å². The normalized spacial score (nSPS) is 16.1. The van der Waals surface area contributed by atoms with Gasteiger partial charge in [0.2, 0.25) is 5.89 Å². The average molecular weight is 170 g/mol. The number of aromatic nitrogens is 1. The van der Waals surface area contributed by atoms with Crippen molar-refractivity contribution in [3.8, 4) is 0 Å². The molecule has 0 aromatic carbocycles. The predicted octanol–water partition coefficient (Wildman–Crippen LogP) is 0.672. The van der Waals surface area contributed by atoms with Crippen LogP contribution in [0.3, 0.4) is 0 Å². The highest BCUT2D eigenvalue weighted by atomic mass is 16.4. The lowest BCUT2D eigenvalue weighted by Gasteiger charge is -2.09. The Hall–Kier alpha value is -0.870. The van der Waals surface area contributed by atoms with Gasteiger partial charge in [0, 0.05) is 0 Å². The second-order valence-corrected chi connectivity index (χ2v) is 2.96. The standard InChI is InChI=1S/C8H14N2O2/c1-4-6(3)12-8(10-4)7(9)5(2)11/h5,7,11H,9H2,1-3H3. The van der Waals surface area contributed by atoms with Gasteiger partial charge in [0.15, 0.2) is 0 Å². The first-order valence-corrected chi connectivity index (χ1v) is 3.90. The van der Waals surface area contributed by atoms with Gasteiger partial charge in [0.1, 0.15) is 11.8 Å². The zero-order chi connectivity index (χ0) is 9.30. The van der Waals surface area contributed by atoms with Gasteiger partial charge >= 0.3 is 0 Å². The first-order chi connectivity index (χ1) is 5.52. The summed E-state index contributed by atoms with van der Waals surface area (Å²) in [6, 6.07) is -0.530. The monoisotopic (exact) mass is 170 g/mol. The van der Waals surface area contributed by atoms with Crippen molar-refractivity contribution in [2.24, 2.45) is 5.73 Å². The minimum Gasteiger partial charge on any atom is -0.444 e. The molecule has 1 heterocycles. The molecule has 0 amide bonds. The largest absolute Gasteiger partial charge is 0.444 e. The Morgan fingerprint density at radius 1 is 1.50 bits per heavy atom. The number of aryl methyl sites for hydroxylation is 2. The fourth-order valence-electron chi connectivity index (χ4n) is 0.846. The average Bonchev–Trinajstić information content (AvgIpc) is 2.30. The quantitative estimate of drug-likeness (QED) is 0.684. The van der Waals surface area contributed by atoms with Crippen LogP contribution in [0.2, 0.25) is 0 Å². The van der Waals surface area contributed by atoms with E-state index >= 15 is 0 Å². The number of aliphatic hydroxyl groups is 1. The minimum absolute atomic E-state index is 0.403. The Balaban J connectivity index is 2.89. The summed E-state index contributed by atoms with van der Waals surface area (Å²) in [5.41, 5.74) is 6.43. The van der Waals surface area contributed by atoms with Crippen LogP contribution < -0.4 is 5.73 Å². The smallest absolute Gasteiger partial charge is 0.214 e. The van der Waals surface area contributed by atoms with E-state index in [1.807, 2.05) is 13.8 Å². The fourth-order valence-corrected chi connectivity index (χ4v) is 0.846. The third-order valence-corrected chi connectivity index (χ3v) is 1.85. The molecule has 3 N–H and O–H groups in total. The fraction of sp³-hybridized carbons (Fsp3) is 0.625. The minimum atomic E-state index is -0.637. The molecule has 1 aromatic heterocycles. The number of nitrogens with zero attached hydrogens (tertiary/aromatic N) is 1. The second-order valence-electron chi connectivity index (χ2n) is 2.96. The predicted molar refractivity (Wildman–Crippen MR) is 44.6 cm³/mol. The van der Waals surface area contributed by atoms with Gasteiger partial charge < -0.3 is 15.3 Å². The molecule has 12 heavy (non-hydrogen) atoms. The summed E-state index contributed by atoms with van der Waals surface area (Å²) >= 11 is 0. The molecule has 4 heteroatoms. The van der Waals surface area contributed by atoms with Crippen LogP contribution in [0.5, 0.6) is 0 Å². The van der Waals surface area contributed by atoms with Crippen LogP contribution in [-0.2, 0) is 0 Å². The van der Waals surface area contributed by atoms with Gasteiger partial charge in [-0.25, -0.2) is 4.98 Å². The van der Waals surface area contributed by atoms with Crippen molar-refractivity contribution in [2.75, 3.05) is 0 Å². The summed E-state index contributed by atoms with van der Waals surface area (Å²) in [7, 11) is 0. The van der Waals surface area contributed by atoms with Crippen molar-refractivity contribution >= 4 is 0 Å². The molecular formula is C8H14N2O2. The molecule has 4 nitrogen and oxygen atoms in total. The molecule has 2 unspecified atom stereocenters. The molecule has 0 aliphatic heterocycles. The number of hydrogen-bond acceptors (Lipinski definition) is 4. The van der Waals surface area contributed by atoms with Gasteiger partial charge in [0.25, 0.3) is 0 Å². The molecule has 0 spiro atoms. The SMILES string of the molecule is Cc1nc(C(N)C(C)O)oc1C. The van der Waals surface area contributed by atoms with E-state index < -0.39 is 12.1 Å². The third kappa shape index (κ3) is 1.65. The lowest BCUT2D eigenvalue weighted by molar-refractivity contribution is 0.150. The summed E-state index contributed by atoms with van der Waals surface area (Å²) in [6.45, 7) is 5.28. The molecule has 0 bridgehead atoms. The molecule has 0 fully saturated rings. The number of hydrogen-bond donors (Lipinski definition) is 2. The number of oxazole rings is 1. The van der Waals surface area contributed by atoms with E-state index in [4.69, 9.17) is 15.3 Å². The Morgan fingerprint density at radius 2 is 2.08 bits per heavy atom. The lowest BCUT2D eigenvalue weighted by Crippen LogP contribution is -2.23. The third-order valence-electron chi connectivity index (χ3n) is 1.85. The summed E-state index contributed by atoms with van der Waals surface area (Å²) in [6.07, 6.45) is -0.637.